The molecular weight excluding hydrogens is 632 g/mol. The summed E-state index contributed by atoms with van der Waals surface area (Å²) in [5.41, 5.74) is 21.3. The average molecular weight is 669 g/mol. The van der Waals surface area contributed by atoms with Crippen LogP contribution in [0.25, 0.3) is 10.1 Å². The highest BCUT2D eigenvalue weighted by atomic mass is 32.1. The molecule has 4 atom stereocenters. The van der Waals surface area contributed by atoms with Crippen LogP contribution in [0.5, 0.6) is 11.5 Å². The van der Waals surface area contributed by atoms with E-state index in [-0.39, 0.29) is 23.4 Å². The molecular formula is C35H36N6O6S. The number of carboxylic acid groups (broad SMARTS) is 1. The second-order valence-corrected chi connectivity index (χ2v) is 13.7. The van der Waals surface area contributed by atoms with Crippen LogP contribution in [0, 0.1) is 6.92 Å². The second-order valence-electron chi connectivity index (χ2n) is 12.7. The van der Waals surface area contributed by atoms with Crippen molar-refractivity contribution < 1.29 is 29.0 Å². The summed E-state index contributed by atoms with van der Waals surface area (Å²) in [6, 6.07) is 15.9. The van der Waals surface area contributed by atoms with Gasteiger partial charge in [0.25, 0.3) is 5.91 Å². The number of nitrogens with one attached hydrogen (secondary N) is 1. The van der Waals surface area contributed by atoms with Crippen molar-refractivity contribution in [2.45, 2.75) is 49.9 Å². The molecule has 48 heavy (non-hydrogen) atoms. The smallest absolute Gasteiger partial charge is 0.407 e. The summed E-state index contributed by atoms with van der Waals surface area (Å²) in [5.74, 6) is 0.141. The monoisotopic (exact) mass is 668 g/mol. The molecule has 3 heterocycles. The number of hydrogen-bond acceptors (Lipinski definition) is 9. The van der Waals surface area contributed by atoms with Gasteiger partial charge in [0.2, 0.25) is 5.91 Å². The van der Waals surface area contributed by atoms with E-state index in [0.717, 1.165) is 10.5 Å². The molecule has 2 fully saturated rings. The summed E-state index contributed by atoms with van der Waals surface area (Å²) in [6.45, 7) is 2.93. The first kappa shape index (κ1) is 31.6. The molecule has 1 aromatic heterocycles. The number of likely N-dealkylation sites (tertiary alicyclic amines) is 2. The Morgan fingerprint density at radius 1 is 1.02 bits per heavy atom. The van der Waals surface area contributed by atoms with Gasteiger partial charge in [0.1, 0.15) is 23.1 Å². The van der Waals surface area contributed by atoms with Crippen molar-refractivity contribution in [3.8, 4) is 11.5 Å². The summed E-state index contributed by atoms with van der Waals surface area (Å²) < 4.78 is 6.62. The lowest BCUT2D eigenvalue weighted by atomic mass is 9.69. The minimum atomic E-state index is -1.61. The van der Waals surface area contributed by atoms with Gasteiger partial charge in [-0.1, -0.05) is 30.3 Å². The third-order valence-electron chi connectivity index (χ3n) is 9.74. The summed E-state index contributed by atoms with van der Waals surface area (Å²) in [6.07, 6.45) is 0.648. The Balaban J connectivity index is 1.19. The molecule has 3 aromatic carbocycles. The van der Waals surface area contributed by atoms with E-state index in [1.54, 1.807) is 29.2 Å². The molecule has 7 rings (SSSR count). The van der Waals surface area contributed by atoms with Gasteiger partial charge in [0.15, 0.2) is 5.78 Å². The van der Waals surface area contributed by atoms with Crippen LogP contribution in [0.1, 0.15) is 57.2 Å². The van der Waals surface area contributed by atoms with Gasteiger partial charge in [-0.25, -0.2) is 4.79 Å². The number of nitrogens with two attached hydrogens (primary N) is 3. The molecule has 0 bridgehead atoms. The Morgan fingerprint density at radius 3 is 2.46 bits per heavy atom. The van der Waals surface area contributed by atoms with Crippen LogP contribution in [-0.2, 0) is 15.1 Å². The van der Waals surface area contributed by atoms with Crippen molar-refractivity contribution in [2.24, 2.45) is 11.5 Å². The van der Waals surface area contributed by atoms with E-state index >= 15 is 0 Å². The topological polar surface area (TPSA) is 194 Å². The largest absolute Gasteiger partial charge is 0.465 e. The van der Waals surface area contributed by atoms with Crippen molar-refractivity contribution in [3.63, 3.8) is 0 Å². The molecule has 3 aliphatic rings. The van der Waals surface area contributed by atoms with Crippen molar-refractivity contribution in [1.29, 1.82) is 0 Å². The van der Waals surface area contributed by atoms with Gasteiger partial charge in [-0.05, 0) is 73.2 Å². The Kier molecular flexibility index (Phi) is 7.85. The lowest BCUT2D eigenvalue weighted by Crippen LogP contribution is -2.61. The quantitative estimate of drug-likeness (QED) is 0.190. The van der Waals surface area contributed by atoms with Crippen LogP contribution in [0.3, 0.4) is 0 Å². The lowest BCUT2D eigenvalue weighted by Gasteiger charge is -2.42. The first-order chi connectivity index (χ1) is 23.0. The van der Waals surface area contributed by atoms with Gasteiger partial charge < -0.3 is 37.3 Å². The number of anilines is 1. The summed E-state index contributed by atoms with van der Waals surface area (Å²) >= 11 is 1.17. The van der Waals surface area contributed by atoms with E-state index in [0.29, 0.717) is 76.3 Å². The molecule has 0 radical (unpaired) electrons. The highest BCUT2D eigenvalue weighted by Crippen LogP contribution is 2.50. The van der Waals surface area contributed by atoms with Gasteiger partial charge in [-0.15, -0.1) is 11.3 Å². The molecule has 12 nitrogen and oxygen atoms in total. The van der Waals surface area contributed by atoms with E-state index in [1.807, 2.05) is 43.3 Å². The standard InChI is InChI=1S/C35H36N6O6S/c1-18-16-21(47-20-7-3-2-4-8-20)9-10-22(18)35(38)23-11-12-24(36)29-26(23)27(28(37)31(35)42)30(48-29)32(43)39-19-6-5-14-40(17-19)33(44)25-13-15-41(25)34(45)46/h2-4,7-12,16,19,25,28H,5-6,13-15,17,36-38H2,1H3,(H,39,43)(H,45,46)/t19-,25?,28?,35?/m1/s1. The van der Waals surface area contributed by atoms with Gasteiger partial charge >= 0.3 is 6.09 Å². The summed E-state index contributed by atoms with van der Waals surface area (Å²) in [5, 5.41) is 13.0. The van der Waals surface area contributed by atoms with Gasteiger partial charge in [0.05, 0.1) is 15.6 Å². The number of hydrogen-bond donors (Lipinski definition) is 5. The van der Waals surface area contributed by atoms with E-state index in [4.69, 9.17) is 21.9 Å². The van der Waals surface area contributed by atoms with Crippen LogP contribution in [0.4, 0.5) is 10.5 Å². The van der Waals surface area contributed by atoms with Gasteiger partial charge in [0, 0.05) is 42.3 Å². The van der Waals surface area contributed by atoms with Crippen molar-refractivity contribution in [1.82, 2.24) is 15.1 Å². The lowest BCUT2D eigenvalue weighted by molar-refractivity contribution is -0.141. The predicted molar refractivity (Wildman–Crippen MR) is 181 cm³/mol. The minimum Gasteiger partial charge on any atom is -0.465 e. The van der Waals surface area contributed by atoms with Crippen LogP contribution in [0.2, 0.25) is 0 Å². The zero-order chi connectivity index (χ0) is 33.9. The molecule has 2 saturated heterocycles. The fourth-order valence-corrected chi connectivity index (χ4v) is 8.43. The molecule has 8 N–H and O–H groups in total. The number of rotatable bonds is 6. The van der Waals surface area contributed by atoms with E-state index < -0.39 is 35.4 Å². The number of nitrogen functional groups attached to an aromatic ring is 1. The Bertz CT molecular complexity index is 1980. The number of ketones is 1. The first-order valence-corrected chi connectivity index (χ1v) is 16.7. The van der Waals surface area contributed by atoms with Crippen LogP contribution in [-0.4, -0.2) is 70.3 Å². The van der Waals surface area contributed by atoms with Gasteiger partial charge in [-0.3, -0.25) is 19.3 Å². The number of ether oxygens (including phenoxy) is 1. The Morgan fingerprint density at radius 2 is 1.77 bits per heavy atom. The molecule has 3 unspecified atom stereocenters. The molecule has 4 aromatic rings. The molecule has 13 heteroatoms. The zero-order valence-electron chi connectivity index (χ0n) is 26.3. The van der Waals surface area contributed by atoms with Crippen LogP contribution < -0.4 is 27.3 Å². The second kappa shape index (κ2) is 11.9. The molecule has 0 spiro atoms. The number of carbonyl (C=O) groups excluding carboxylic acids is 3. The molecule has 0 saturated carbocycles. The van der Waals surface area contributed by atoms with Gasteiger partial charge in [-0.2, -0.15) is 0 Å². The summed E-state index contributed by atoms with van der Waals surface area (Å²) in [7, 11) is 0. The van der Waals surface area contributed by atoms with Crippen molar-refractivity contribution in [3.05, 3.63) is 87.8 Å². The maximum absolute atomic E-state index is 14.3. The SMILES string of the molecule is Cc1cc(Oc2ccccc2)ccc1C1(N)C(=O)C(N)c2c(C(=O)N[C@@H]3CCCN(C(=O)C4CCN4C(=O)O)C3)sc3c(N)ccc1c23. The number of amides is 3. The van der Waals surface area contributed by atoms with Crippen LogP contribution >= 0.6 is 11.3 Å². The minimum absolute atomic E-state index is 0.251. The number of benzene rings is 3. The third-order valence-corrected chi connectivity index (χ3v) is 11.0. The molecule has 248 valence electrons. The average Bonchev–Trinajstić information content (AvgIpc) is 3.45. The Labute approximate surface area is 280 Å². The van der Waals surface area contributed by atoms with Crippen molar-refractivity contribution in [2.75, 3.05) is 25.4 Å². The number of aryl methyl sites for hydroxylation is 1. The number of thiophene rings is 1. The molecule has 2 aliphatic heterocycles. The first-order valence-electron chi connectivity index (χ1n) is 15.9. The highest BCUT2D eigenvalue weighted by molar-refractivity contribution is 7.21. The highest BCUT2D eigenvalue weighted by Gasteiger charge is 2.49. The van der Waals surface area contributed by atoms with Crippen molar-refractivity contribution >= 4 is 50.8 Å². The van der Waals surface area contributed by atoms with E-state index in [2.05, 4.69) is 5.32 Å². The predicted octanol–water partition coefficient (Wildman–Crippen LogP) is 3.84. The van der Waals surface area contributed by atoms with Crippen LogP contribution in [0.15, 0.2) is 60.7 Å². The zero-order valence-corrected chi connectivity index (χ0v) is 27.1. The number of piperidine rings is 1. The Hall–Kier alpha value is -4.98. The normalized spacial score (nSPS) is 23.5. The van der Waals surface area contributed by atoms with E-state index in [9.17, 15) is 24.3 Å². The summed E-state index contributed by atoms with van der Waals surface area (Å²) in [4.78, 5) is 55.8. The number of carbonyl (C=O) groups is 4. The molecule has 3 amide bonds. The fraction of sp³-hybridized carbons (Fsp3) is 0.314. The van der Waals surface area contributed by atoms with E-state index in [1.165, 1.54) is 11.3 Å². The maximum Gasteiger partial charge on any atom is 0.407 e. The number of nitrogens with zero attached hydrogens (tertiary/aromatic N) is 2. The number of Topliss-reactive ketones (excluding diaryl/α,β-unsaturated/α-hetero) is 1. The maximum atomic E-state index is 14.3. The fourth-order valence-electron chi connectivity index (χ4n) is 7.22. The number of para-hydroxylation sites is 1. The molecule has 1 aliphatic carbocycles. The third kappa shape index (κ3) is 5.05.